The van der Waals surface area contributed by atoms with Gasteiger partial charge in [-0.25, -0.2) is 4.39 Å². The second-order valence-electron chi connectivity index (χ2n) is 8.21. The van der Waals surface area contributed by atoms with Crippen molar-refractivity contribution in [2.45, 2.75) is 37.3 Å². The number of hydrogen-bond acceptors (Lipinski definition) is 3. The average molecular weight is 393 g/mol. The molecular weight excluding hydrogens is 369 g/mol. The van der Waals surface area contributed by atoms with E-state index in [4.69, 9.17) is 0 Å². The molecule has 0 bridgehead atoms. The normalized spacial score (nSPS) is 27.7. The molecule has 0 unspecified atom stereocenters. The molecule has 2 saturated heterocycles. The molecule has 0 radical (unpaired) electrons. The summed E-state index contributed by atoms with van der Waals surface area (Å²) < 4.78 is 13.1. The molecule has 2 N–H and O–H groups in total. The Kier molecular flexibility index (Phi) is 4.39. The van der Waals surface area contributed by atoms with E-state index in [0.717, 1.165) is 36.2 Å². The maximum atomic E-state index is 13.3. The minimum Gasteiger partial charge on any atom is -0.355 e. The lowest BCUT2D eigenvalue weighted by atomic mass is 9.78. The molecule has 29 heavy (non-hydrogen) atoms. The molecule has 2 fully saturated rings. The number of amides is 2. The number of para-hydroxylation sites is 1. The highest BCUT2D eigenvalue weighted by Crippen LogP contribution is 2.55. The van der Waals surface area contributed by atoms with Crippen molar-refractivity contribution in [3.05, 3.63) is 65.5 Å². The van der Waals surface area contributed by atoms with E-state index in [2.05, 4.69) is 15.5 Å². The molecule has 2 aromatic rings. The van der Waals surface area contributed by atoms with Gasteiger partial charge in [0.2, 0.25) is 11.8 Å². The van der Waals surface area contributed by atoms with Crippen LogP contribution < -0.4 is 10.6 Å². The third kappa shape index (κ3) is 2.77. The fourth-order valence-corrected chi connectivity index (χ4v) is 5.48. The number of nitrogens with one attached hydrogen (secondary N) is 2. The Bertz CT molecular complexity index is 961. The highest BCUT2D eigenvalue weighted by Gasteiger charge is 2.65. The maximum absolute atomic E-state index is 13.3. The lowest BCUT2D eigenvalue weighted by Gasteiger charge is -2.36. The van der Waals surface area contributed by atoms with E-state index in [0.29, 0.717) is 19.4 Å². The van der Waals surface area contributed by atoms with Gasteiger partial charge in [-0.15, -0.1) is 0 Å². The number of halogens is 1. The third-order valence-electron chi connectivity index (χ3n) is 6.72. The first-order valence-corrected chi connectivity index (χ1v) is 10.3. The zero-order valence-electron chi connectivity index (χ0n) is 16.2. The number of nitrogens with zero attached hydrogens (tertiary/aromatic N) is 1. The number of benzene rings is 2. The smallest absolute Gasteiger partial charge is 0.250 e. The van der Waals surface area contributed by atoms with Crippen molar-refractivity contribution < 1.29 is 14.0 Å². The van der Waals surface area contributed by atoms with Gasteiger partial charge in [0.25, 0.3) is 0 Å². The summed E-state index contributed by atoms with van der Waals surface area (Å²) in [6, 6.07) is 14.3. The lowest BCUT2D eigenvalue weighted by molar-refractivity contribution is -0.137. The van der Waals surface area contributed by atoms with E-state index in [1.165, 1.54) is 12.1 Å². The number of rotatable bonds is 4. The van der Waals surface area contributed by atoms with Crippen LogP contribution in [0.15, 0.2) is 48.5 Å². The molecule has 3 aliphatic heterocycles. The summed E-state index contributed by atoms with van der Waals surface area (Å²) in [7, 11) is 0. The number of anilines is 1. The van der Waals surface area contributed by atoms with E-state index in [9.17, 15) is 14.0 Å². The van der Waals surface area contributed by atoms with Crippen LogP contribution >= 0.6 is 0 Å². The molecule has 1 spiro atoms. The van der Waals surface area contributed by atoms with Crippen molar-refractivity contribution >= 4 is 17.5 Å². The van der Waals surface area contributed by atoms with Gasteiger partial charge in [0.05, 0.1) is 5.92 Å². The maximum Gasteiger partial charge on any atom is 0.250 e. The van der Waals surface area contributed by atoms with E-state index in [1.54, 1.807) is 12.1 Å². The minimum absolute atomic E-state index is 0.0756. The van der Waals surface area contributed by atoms with Crippen LogP contribution in [0.4, 0.5) is 10.1 Å². The minimum atomic E-state index is -0.905. The van der Waals surface area contributed by atoms with Crippen LogP contribution in [0.1, 0.15) is 30.4 Å². The van der Waals surface area contributed by atoms with Crippen LogP contribution in [0.3, 0.4) is 0 Å². The van der Waals surface area contributed by atoms with Crippen LogP contribution in [0.2, 0.25) is 0 Å². The summed E-state index contributed by atoms with van der Waals surface area (Å²) in [6.45, 7) is 1.30. The van der Waals surface area contributed by atoms with Gasteiger partial charge in [-0.3, -0.25) is 14.5 Å². The van der Waals surface area contributed by atoms with Gasteiger partial charge in [0.15, 0.2) is 0 Å². The number of carbonyl (C=O) groups is 2. The summed E-state index contributed by atoms with van der Waals surface area (Å²) in [5, 5.41) is 6.06. The molecular formula is C23H24FN3O2. The van der Waals surface area contributed by atoms with Crippen LogP contribution in [0.5, 0.6) is 0 Å². The first kappa shape index (κ1) is 18.3. The monoisotopic (exact) mass is 393 g/mol. The fraction of sp³-hybridized carbons (Fsp3) is 0.391. The molecule has 2 amide bonds. The standard InChI is InChI=1S/C23H24FN3O2/c24-16-9-7-15(8-10-16)11-12-25-21(28)19-14-17-4-3-13-27(17)23(19)18-5-1-2-6-20(18)26-22(23)29/h1-2,5-10,17,19H,3-4,11-14H2,(H,25,28)(H,26,29)/t17-,19-,23+/m1/s1. The van der Waals surface area contributed by atoms with Gasteiger partial charge in [0.1, 0.15) is 11.4 Å². The van der Waals surface area contributed by atoms with E-state index in [1.807, 2.05) is 24.3 Å². The highest BCUT2D eigenvalue weighted by atomic mass is 19.1. The highest BCUT2D eigenvalue weighted by molar-refractivity contribution is 6.09. The first-order chi connectivity index (χ1) is 14.1. The van der Waals surface area contributed by atoms with Crippen LogP contribution in [0, 0.1) is 11.7 Å². The summed E-state index contributed by atoms with van der Waals surface area (Å²) in [4.78, 5) is 28.8. The zero-order valence-corrected chi connectivity index (χ0v) is 16.2. The van der Waals surface area contributed by atoms with Crippen molar-refractivity contribution in [1.82, 2.24) is 10.2 Å². The van der Waals surface area contributed by atoms with E-state index in [-0.39, 0.29) is 23.7 Å². The Hall–Kier alpha value is -2.73. The predicted molar refractivity (Wildman–Crippen MR) is 108 cm³/mol. The number of fused-ring (bicyclic) bond motifs is 4. The van der Waals surface area contributed by atoms with Gasteiger partial charge in [0, 0.05) is 23.8 Å². The van der Waals surface area contributed by atoms with E-state index >= 15 is 0 Å². The summed E-state index contributed by atoms with van der Waals surface area (Å²) in [5.74, 6) is -0.836. The summed E-state index contributed by atoms with van der Waals surface area (Å²) >= 11 is 0. The van der Waals surface area contributed by atoms with Crippen molar-refractivity contribution in [1.29, 1.82) is 0 Å². The Labute approximate surface area is 169 Å². The summed E-state index contributed by atoms with van der Waals surface area (Å²) in [5.41, 5.74) is 1.80. The van der Waals surface area contributed by atoms with Crippen molar-refractivity contribution in [3.8, 4) is 0 Å². The van der Waals surface area contributed by atoms with Crippen molar-refractivity contribution in [2.24, 2.45) is 5.92 Å². The molecule has 3 atom stereocenters. The van der Waals surface area contributed by atoms with Gasteiger partial charge in [-0.1, -0.05) is 30.3 Å². The molecule has 3 heterocycles. The second-order valence-corrected chi connectivity index (χ2v) is 8.21. The topological polar surface area (TPSA) is 61.4 Å². The van der Waals surface area contributed by atoms with Gasteiger partial charge < -0.3 is 10.6 Å². The zero-order chi connectivity index (χ0) is 20.0. The molecule has 0 aliphatic carbocycles. The molecule has 6 heteroatoms. The van der Waals surface area contributed by atoms with E-state index < -0.39 is 11.5 Å². The Morgan fingerprint density at radius 1 is 1.21 bits per heavy atom. The van der Waals surface area contributed by atoms with Crippen molar-refractivity contribution in [2.75, 3.05) is 18.4 Å². The predicted octanol–water partition coefficient (Wildman–Crippen LogP) is 2.82. The van der Waals surface area contributed by atoms with Crippen molar-refractivity contribution in [3.63, 3.8) is 0 Å². The molecule has 150 valence electrons. The van der Waals surface area contributed by atoms with Gasteiger partial charge in [-0.05, 0) is 56.0 Å². The number of hydrogen-bond donors (Lipinski definition) is 2. The third-order valence-corrected chi connectivity index (χ3v) is 6.72. The Balaban J connectivity index is 1.39. The second kappa shape index (κ2) is 6.95. The summed E-state index contributed by atoms with van der Waals surface area (Å²) in [6.07, 6.45) is 3.41. The SMILES string of the molecule is O=C(NCCc1ccc(F)cc1)[C@H]1C[C@H]2CCCN2[C@]12C(=O)Nc1ccccc12. The van der Waals surface area contributed by atoms with Crippen LogP contribution in [-0.2, 0) is 21.5 Å². The molecule has 5 nitrogen and oxygen atoms in total. The molecule has 0 aromatic heterocycles. The average Bonchev–Trinajstić information content (AvgIpc) is 3.38. The number of carbonyl (C=O) groups excluding carboxylic acids is 2. The molecule has 5 rings (SSSR count). The Morgan fingerprint density at radius 2 is 2.00 bits per heavy atom. The molecule has 0 saturated carbocycles. The first-order valence-electron chi connectivity index (χ1n) is 10.3. The van der Waals surface area contributed by atoms with Crippen LogP contribution in [0.25, 0.3) is 0 Å². The fourth-order valence-electron chi connectivity index (χ4n) is 5.48. The Morgan fingerprint density at radius 3 is 2.83 bits per heavy atom. The van der Waals surface area contributed by atoms with Gasteiger partial charge in [-0.2, -0.15) is 0 Å². The quantitative estimate of drug-likeness (QED) is 0.840. The van der Waals surface area contributed by atoms with Crippen LogP contribution in [-0.4, -0.2) is 35.8 Å². The molecule has 3 aliphatic rings. The molecule has 2 aromatic carbocycles. The largest absolute Gasteiger partial charge is 0.355 e. The lowest BCUT2D eigenvalue weighted by Crippen LogP contribution is -2.54. The van der Waals surface area contributed by atoms with Gasteiger partial charge >= 0.3 is 0 Å².